The number of rotatable bonds is 2. The van der Waals surface area contributed by atoms with Crippen LogP contribution in [0.4, 0.5) is 21.9 Å². The average molecular weight is 318 g/mol. The largest absolute Gasteiger partial charge is 0.444 e. The van der Waals surface area contributed by atoms with Crippen molar-refractivity contribution < 1.29 is 9.53 Å². The predicted molar refractivity (Wildman–Crippen MR) is 92.9 cm³/mol. The summed E-state index contributed by atoms with van der Waals surface area (Å²) >= 11 is 0. The fourth-order valence-corrected chi connectivity index (χ4v) is 3.51. The number of carbonyl (C=O) groups is 1. The van der Waals surface area contributed by atoms with Gasteiger partial charge in [0, 0.05) is 20.1 Å². The molecule has 2 bridgehead atoms. The van der Waals surface area contributed by atoms with Gasteiger partial charge in [-0.25, -0.2) is 4.79 Å². The zero-order valence-corrected chi connectivity index (χ0v) is 14.3. The summed E-state index contributed by atoms with van der Waals surface area (Å²) in [5.74, 6) is 0. The van der Waals surface area contributed by atoms with E-state index in [0.29, 0.717) is 0 Å². The molecule has 4 rings (SSSR count). The molecule has 3 saturated heterocycles. The molecular weight excluding hydrogens is 292 g/mol. The van der Waals surface area contributed by atoms with E-state index in [2.05, 4.69) is 16.3 Å². The number of carbonyl (C=O) groups excluding carboxylic acids is 1. The topological polar surface area (TPSA) is 70.8 Å². The van der Waals surface area contributed by atoms with E-state index in [1.165, 1.54) is 0 Å². The van der Waals surface area contributed by atoms with Gasteiger partial charge in [0.05, 0.1) is 29.1 Å². The van der Waals surface area contributed by atoms with Crippen molar-refractivity contribution in [3.05, 3.63) is 18.2 Å². The molecule has 3 N–H and O–H groups in total. The Morgan fingerprint density at radius 3 is 2.52 bits per heavy atom. The number of anilines is 3. The molecule has 3 heterocycles. The van der Waals surface area contributed by atoms with Gasteiger partial charge in [-0.05, 0) is 39.3 Å². The van der Waals surface area contributed by atoms with Crippen LogP contribution in [0.25, 0.3) is 0 Å². The molecule has 0 aliphatic carbocycles. The molecule has 3 aliphatic heterocycles. The number of fused-ring (bicyclic) bond motifs is 2. The van der Waals surface area contributed by atoms with Crippen molar-refractivity contribution in [1.29, 1.82) is 0 Å². The highest BCUT2D eigenvalue weighted by atomic mass is 16.6. The second-order valence-corrected chi connectivity index (χ2v) is 7.33. The molecular formula is C17H26N4O2. The minimum absolute atomic E-state index is 0.195. The van der Waals surface area contributed by atoms with Gasteiger partial charge in [0.2, 0.25) is 0 Å². The minimum Gasteiger partial charge on any atom is -0.444 e. The van der Waals surface area contributed by atoms with E-state index < -0.39 is 5.60 Å². The summed E-state index contributed by atoms with van der Waals surface area (Å²) in [6.07, 6.45) is 0.854. The van der Waals surface area contributed by atoms with E-state index >= 15 is 0 Å². The quantitative estimate of drug-likeness (QED) is 0.820. The van der Waals surface area contributed by atoms with Crippen LogP contribution in [0.15, 0.2) is 18.2 Å². The highest BCUT2D eigenvalue weighted by molar-refractivity contribution is 5.82. The van der Waals surface area contributed by atoms with Crippen molar-refractivity contribution in [2.45, 2.75) is 44.9 Å². The molecule has 0 saturated carbocycles. The number of ether oxygens (including phenoxy) is 1. The van der Waals surface area contributed by atoms with Gasteiger partial charge in [-0.1, -0.05) is 6.07 Å². The van der Waals surface area contributed by atoms with Gasteiger partial charge in [0.25, 0.3) is 0 Å². The minimum atomic E-state index is -0.451. The van der Waals surface area contributed by atoms with Crippen molar-refractivity contribution in [3.63, 3.8) is 0 Å². The summed E-state index contributed by atoms with van der Waals surface area (Å²) in [6, 6.07) is 6.37. The maximum absolute atomic E-state index is 12.3. The Balaban J connectivity index is 1.72. The molecule has 126 valence electrons. The standard InChI is InChI=1S/C17H26N4O2/c1-17(2,3)23-16(22)21-11-8-12(21)10-20(9-11)14-7-5-6-13(18)15(14)19-4/h5-7,11-12,19H,8-10,18H2,1-4H3. The number of nitrogens with one attached hydrogen (secondary N) is 1. The zero-order chi connectivity index (χ0) is 16.8. The first kappa shape index (κ1) is 15.8. The summed E-state index contributed by atoms with van der Waals surface area (Å²) in [7, 11) is 1.88. The van der Waals surface area contributed by atoms with Gasteiger partial charge >= 0.3 is 6.09 Å². The van der Waals surface area contributed by atoms with E-state index in [4.69, 9.17) is 10.5 Å². The van der Waals surface area contributed by atoms with Gasteiger partial charge in [-0.2, -0.15) is 0 Å². The Bertz CT molecular complexity index is 599. The monoisotopic (exact) mass is 318 g/mol. The fourth-order valence-electron chi connectivity index (χ4n) is 3.51. The fraction of sp³-hybridized carbons (Fsp3) is 0.588. The number of nitrogen functional groups attached to an aromatic ring is 1. The number of nitrogens with zero attached hydrogens (tertiary/aromatic N) is 2. The molecule has 1 amide bonds. The first-order chi connectivity index (χ1) is 10.8. The lowest BCUT2D eigenvalue weighted by Gasteiger charge is -2.56. The molecule has 2 unspecified atom stereocenters. The predicted octanol–water partition coefficient (Wildman–Crippen LogP) is 2.51. The van der Waals surface area contributed by atoms with E-state index in [-0.39, 0.29) is 18.2 Å². The Kier molecular flexibility index (Phi) is 3.78. The number of nitrogens with two attached hydrogens (primary N) is 1. The molecule has 0 spiro atoms. The second kappa shape index (κ2) is 5.51. The SMILES string of the molecule is CNc1c(N)cccc1N1CC2CC(C1)N2C(=O)OC(C)(C)C. The van der Waals surface area contributed by atoms with Gasteiger partial charge in [0.15, 0.2) is 0 Å². The summed E-state index contributed by atoms with van der Waals surface area (Å²) in [4.78, 5) is 16.5. The molecule has 0 radical (unpaired) electrons. The molecule has 6 heteroatoms. The molecule has 1 aromatic carbocycles. The van der Waals surface area contributed by atoms with Crippen LogP contribution in [0, 0.1) is 0 Å². The molecule has 6 nitrogen and oxygen atoms in total. The van der Waals surface area contributed by atoms with Crippen LogP contribution in [-0.2, 0) is 4.74 Å². The number of piperidine rings is 1. The van der Waals surface area contributed by atoms with Crippen LogP contribution < -0.4 is 16.0 Å². The first-order valence-corrected chi connectivity index (χ1v) is 8.12. The number of piperazine rings is 1. The Hall–Kier alpha value is -2.11. The van der Waals surface area contributed by atoms with Crippen LogP contribution in [-0.4, -0.2) is 48.8 Å². The summed E-state index contributed by atoms with van der Waals surface area (Å²) < 4.78 is 5.52. The third-order valence-corrected chi connectivity index (χ3v) is 4.46. The zero-order valence-electron chi connectivity index (χ0n) is 14.3. The molecule has 0 aromatic heterocycles. The first-order valence-electron chi connectivity index (χ1n) is 8.12. The Morgan fingerprint density at radius 1 is 1.30 bits per heavy atom. The number of para-hydroxylation sites is 1. The van der Waals surface area contributed by atoms with E-state index in [1.807, 2.05) is 44.9 Å². The Morgan fingerprint density at radius 2 is 1.96 bits per heavy atom. The van der Waals surface area contributed by atoms with Crippen molar-refractivity contribution >= 4 is 23.2 Å². The summed E-state index contributed by atoms with van der Waals surface area (Å²) in [5.41, 5.74) is 8.41. The normalized spacial score (nSPS) is 23.3. The van der Waals surface area contributed by atoms with Crippen molar-refractivity contribution in [1.82, 2.24) is 4.90 Å². The van der Waals surface area contributed by atoms with Gasteiger partial charge < -0.3 is 20.7 Å². The van der Waals surface area contributed by atoms with Crippen molar-refractivity contribution in [2.75, 3.05) is 36.1 Å². The van der Waals surface area contributed by atoms with Crippen LogP contribution in [0.2, 0.25) is 0 Å². The van der Waals surface area contributed by atoms with Crippen molar-refractivity contribution in [2.24, 2.45) is 0 Å². The summed E-state index contributed by atoms with van der Waals surface area (Å²) in [6.45, 7) is 7.33. The lowest BCUT2D eigenvalue weighted by molar-refractivity contribution is -0.0379. The molecule has 2 atom stereocenters. The van der Waals surface area contributed by atoms with E-state index in [9.17, 15) is 4.79 Å². The van der Waals surface area contributed by atoms with Crippen LogP contribution in [0.5, 0.6) is 0 Å². The van der Waals surface area contributed by atoms with E-state index in [0.717, 1.165) is 36.6 Å². The number of amides is 1. The Labute approximate surface area is 137 Å². The third kappa shape index (κ3) is 2.90. The van der Waals surface area contributed by atoms with Crippen LogP contribution in [0.1, 0.15) is 27.2 Å². The molecule has 3 aliphatic rings. The molecule has 1 aromatic rings. The van der Waals surface area contributed by atoms with Crippen LogP contribution in [0.3, 0.4) is 0 Å². The second-order valence-electron chi connectivity index (χ2n) is 7.33. The number of benzene rings is 1. The van der Waals surface area contributed by atoms with Crippen LogP contribution >= 0.6 is 0 Å². The lowest BCUT2D eigenvalue weighted by Crippen LogP contribution is -2.70. The molecule has 23 heavy (non-hydrogen) atoms. The smallest absolute Gasteiger partial charge is 0.410 e. The average Bonchev–Trinajstić information content (AvgIpc) is 2.44. The van der Waals surface area contributed by atoms with Gasteiger partial charge in [0.1, 0.15) is 5.60 Å². The number of hydrogen-bond donors (Lipinski definition) is 2. The number of hydrogen-bond acceptors (Lipinski definition) is 5. The maximum atomic E-state index is 12.3. The third-order valence-electron chi connectivity index (χ3n) is 4.46. The maximum Gasteiger partial charge on any atom is 0.410 e. The molecule has 3 fully saturated rings. The lowest BCUT2D eigenvalue weighted by atomic mass is 9.87. The van der Waals surface area contributed by atoms with Gasteiger partial charge in [-0.15, -0.1) is 0 Å². The van der Waals surface area contributed by atoms with Gasteiger partial charge in [-0.3, -0.25) is 4.90 Å². The summed E-state index contributed by atoms with van der Waals surface area (Å²) in [5, 5.41) is 3.18. The van der Waals surface area contributed by atoms with Crippen molar-refractivity contribution in [3.8, 4) is 0 Å². The highest BCUT2D eigenvalue weighted by Gasteiger charge is 2.49. The highest BCUT2D eigenvalue weighted by Crippen LogP contribution is 2.39. The van der Waals surface area contributed by atoms with E-state index in [1.54, 1.807) is 0 Å².